The van der Waals surface area contributed by atoms with Gasteiger partial charge in [0.05, 0.1) is 25.5 Å². The zero-order valence-electron chi connectivity index (χ0n) is 13.6. The average molecular weight is 393 g/mol. The predicted octanol–water partition coefficient (Wildman–Crippen LogP) is 3.18. The summed E-state index contributed by atoms with van der Waals surface area (Å²) in [6.07, 6.45) is 1.66. The lowest BCUT2D eigenvalue weighted by molar-refractivity contribution is -0.908. The second kappa shape index (κ2) is 7.23. The van der Waals surface area contributed by atoms with Crippen LogP contribution in [0, 0.1) is 0 Å². The van der Waals surface area contributed by atoms with Crippen molar-refractivity contribution in [3.05, 3.63) is 58.2 Å². The molecule has 0 radical (unpaired) electrons. The number of halogens is 1. The minimum Gasteiger partial charge on any atom is -0.463 e. The van der Waals surface area contributed by atoms with Crippen LogP contribution >= 0.6 is 15.9 Å². The van der Waals surface area contributed by atoms with Crippen LogP contribution in [-0.2, 0) is 17.8 Å². The van der Waals surface area contributed by atoms with Crippen LogP contribution in [0.4, 0.5) is 0 Å². The number of ether oxygens (including phenoxy) is 1. The van der Waals surface area contributed by atoms with Gasteiger partial charge in [-0.25, -0.2) is 4.79 Å². The molecule has 0 aliphatic heterocycles. The number of nitrogens with one attached hydrogen (secondary N) is 1. The summed E-state index contributed by atoms with van der Waals surface area (Å²) in [6, 6.07) is 9.53. The highest BCUT2D eigenvalue weighted by Crippen LogP contribution is 2.29. The van der Waals surface area contributed by atoms with Crippen LogP contribution < -0.4 is 4.90 Å². The molecule has 6 heteroatoms. The third kappa shape index (κ3) is 3.55. The molecule has 24 heavy (non-hydrogen) atoms. The molecule has 3 rings (SSSR count). The lowest BCUT2D eigenvalue weighted by atomic mass is 10.1. The minimum absolute atomic E-state index is 0.281. The lowest BCUT2D eigenvalue weighted by Crippen LogP contribution is -3.06. The van der Waals surface area contributed by atoms with Gasteiger partial charge in [-0.05, 0) is 37.3 Å². The molecule has 0 saturated heterocycles. The maximum absolute atomic E-state index is 12.3. The Bertz CT molecular complexity index is 838. The van der Waals surface area contributed by atoms with Crippen molar-refractivity contribution in [2.45, 2.75) is 20.0 Å². The standard InChI is InChI=1S/C18H18BrNO4/c1-3-22-18(21)17-15(11-20(2)10-13-5-4-8-23-13)14-9-12(19)6-7-16(14)24-17/h4-9H,3,10-11H2,1-2H3/p+1. The predicted molar refractivity (Wildman–Crippen MR) is 92.9 cm³/mol. The van der Waals surface area contributed by atoms with Crippen molar-refractivity contribution in [2.75, 3.05) is 13.7 Å². The molecular weight excluding hydrogens is 374 g/mol. The normalized spacial score (nSPS) is 12.5. The summed E-state index contributed by atoms with van der Waals surface area (Å²) in [5, 5.41) is 0.922. The Kier molecular flexibility index (Phi) is 5.06. The number of hydrogen-bond donors (Lipinski definition) is 1. The fourth-order valence-corrected chi connectivity index (χ4v) is 3.09. The second-order valence-electron chi connectivity index (χ2n) is 5.66. The van der Waals surface area contributed by atoms with Crippen LogP contribution in [0.3, 0.4) is 0 Å². The van der Waals surface area contributed by atoms with E-state index in [4.69, 9.17) is 13.6 Å². The van der Waals surface area contributed by atoms with Crippen molar-refractivity contribution in [1.29, 1.82) is 0 Å². The molecule has 0 aliphatic carbocycles. The number of quaternary nitrogens is 1. The number of hydrogen-bond acceptors (Lipinski definition) is 4. The van der Waals surface area contributed by atoms with Gasteiger partial charge in [-0.3, -0.25) is 0 Å². The van der Waals surface area contributed by atoms with E-state index in [1.807, 2.05) is 37.4 Å². The molecule has 2 heterocycles. The molecule has 5 nitrogen and oxygen atoms in total. The molecule has 1 aromatic carbocycles. The minimum atomic E-state index is -0.425. The van der Waals surface area contributed by atoms with Gasteiger partial charge in [-0.2, -0.15) is 0 Å². The second-order valence-corrected chi connectivity index (χ2v) is 6.58. The van der Waals surface area contributed by atoms with Crippen molar-refractivity contribution < 1.29 is 23.3 Å². The third-order valence-electron chi connectivity index (χ3n) is 3.75. The highest BCUT2D eigenvalue weighted by atomic mass is 79.9. The number of furan rings is 2. The Labute approximate surface area is 148 Å². The van der Waals surface area contributed by atoms with Gasteiger partial charge in [-0.15, -0.1) is 0 Å². The maximum Gasteiger partial charge on any atom is 0.374 e. The van der Waals surface area contributed by atoms with Crippen molar-refractivity contribution in [3.8, 4) is 0 Å². The highest BCUT2D eigenvalue weighted by Gasteiger charge is 2.24. The van der Waals surface area contributed by atoms with Crippen LogP contribution in [0.1, 0.15) is 28.8 Å². The summed E-state index contributed by atoms with van der Waals surface area (Å²) in [4.78, 5) is 13.4. The van der Waals surface area contributed by atoms with Gasteiger partial charge < -0.3 is 18.5 Å². The Hall–Kier alpha value is -2.05. The third-order valence-corrected chi connectivity index (χ3v) is 4.24. The molecule has 0 aliphatic rings. The monoisotopic (exact) mass is 392 g/mol. The van der Waals surface area contributed by atoms with E-state index in [2.05, 4.69) is 15.9 Å². The average Bonchev–Trinajstić information content (AvgIpc) is 3.16. The Morgan fingerprint density at radius 1 is 1.29 bits per heavy atom. The first-order valence-electron chi connectivity index (χ1n) is 7.80. The topological polar surface area (TPSA) is 57.0 Å². The number of carbonyl (C=O) groups is 1. The molecule has 1 unspecified atom stereocenters. The van der Waals surface area contributed by atoms with Gasteiger partial charge in [0, 0.05) is 9.86 Å². The zero-order valence-corrected chi connectivity index (χ0v) is 15.2. The van der Waals surface area contributed by atoms with Crippen molar-refractivity contribution in [3.63, 3.8) is 0 Å². The van der Waals surface area contributed by atoms with Gasteiger partial charge >= 0.3 is 5.97 Å². The Morgan fingerprint density at radius 3 is 2.83 bits per heavy atom. The van der Waals surface area contributed by atoms with E-state index in [9.17, 15) is 4.79 Å². The van der Waals surface area contributed by atoms with E-state index in [-0.39, 0.29) is 5.76 Å². The number of rotatable bonds is 6. The van der Waals surface area contributed by atoms with Crippen LogP contribution in [0.25, 0.3) is 11.0 Å². The molecule has 2 aromatic heterocycles. The molecule has 3 aromatic rings. The summed E-state index contributed by atoms with van der Waals surface area (Å²) in [7, 11) is 2.05. The number of benzene rings is 1. The summed E-state index contributed by atoms with van der Waals surface area (Å²) < 4.78 is 17.3. The zero-order chi connectivity index (χ0) is 17.1. The van der Waals surface area contributed by atoms with E-state index in [1.54, 1.807) is 13.2 Å². The molecule has 0 spiro atoms. The van der Waals surface area contributed by atoms with Gasteiger partial charge in [0.2, 0.25) is 5.76 Å². The van der Waals surface area contributed by atoms with Gasteiger partial charge in [0.15, 0.2) is 5.76 Å². The first kappa shape index (κ1) is 16.8. The fourth-order valence-electron chi connectivity index (χ4n) is 2.73. The van der Waals surface area contributed by atoms with Crippen molar-refractivity contribution >= 4 is 32.9 Å². The van der Waals surface area contributed by atoms with E-state index in [0.717, 1.165) is 27.7 Å². The smallest absolute Gasteiger partial charge is 0.374 e. The van der Waals surface area contributed by atoms with Gasteiger partial charge in [-0.1, -0.05) is 15.9 Å². The summed E-state index contributed by atoms with van der Waals surface area (Å²) in [5.74, 6) is 0.758. The van der Waals surface area contributed by atoms with Gasteiger partial charge in [0.1, 0.15) is 18.7 Å². The van der Waals surface area contributed by atoms with Crippen molar-refractivity contribution in [1.82, 2.24) is 0 Å². The van der Waals surface area contributed by atoms with E-state index < -0.39 is 5.97 Å². The summed E-state index contributed by atoms with van der Waals surface area (Å²) >= 11 is 3.48. The molecule has 126 valence electrons. The van der Waals surface area contributed by atoms with Gasteiger partial charge in [0.25, 0.3) is 0 Å². The molecule has 0 amide bonds. The van der Waals surface area contributed by atoms with E-state index in [0.29, 0.717) is 18.7 Å². The summed E-state index contributed by atoms with van der Waals surface area (Å²) in [6.45, 7) is 3.44. The van der Waals surface area contributed by atoms with Crippen LogP contribution in [-0.4, -0.2) is 19.6 Å². The SMILES string of the molecule is CCOC(=O)c1oc2ccc(Br)cc2c1C[NH+](C)Cc1ccco1. The molecule has 1 N–H and O–H groups in total. The lowest BCUT2D eigenvalue weighted by Gasteiger charge is -2.12. The number of carbonyl (C=O) groups excluding carboxylic acids is 1. The van der Waals surface area contributed by atoms with Crippen LogP contribution in [0.2, 0.25) is 0 Å². The number of fused-ring (bicyclic) bond motifs is 1. The molecular formula is C18H19BrNO4+. The molecule has 0 fully saturated rings. The molecule has 0 bridgehead atoms. The Balaban J connectivity index is 1.95. The van der Waals surface area contributed by atoms with Crippen LogP contribution in [0.5, 0.6) is 0 Å². The number of esters is 1. The Morgan fingerprint density at radius 2 is 2.12 bits per heavy atom. The maximum atomic E-state index is 12.3. The van der Waals surface area contributed by atoms with Crippen molar-refractivity contribution in [2.24, 2.45) is 0 Å². The first-order chi connectivity index (χ1) is 11.6. The highest BCUT2D eigenvalue weighted by molar-refractivity contribution is 9.10. The largest absolute Gasteiger partial charge is 0.463 e. The van der Waals surface area contributed by atoms with E-state index in [1.165, 1.54) is 4.90 Å². The van der Waals surface area contributed by atoms with Crippen LogP contribution in [0.15, 0.2) is 49.9 Å². The fraction of sp³-hybridized carbons (Fsp3) is 0.278. The first-order valence-corrected chi connectivity index (χ1v) is 8.59. The molecule has 1 atom stereocenters. The summed E-state index contributed by atoms with van der Waals surface area (Å²) in [5.41, 5.74) is 1.54. The quantitative estimate of drug-likeness (QED) is 0.654. The van der Waals surface area contributed by atoms with E-state index >= 15 is 0 Å². The molecule has 0 saturated carbocycles.